The number of nitrogens with zero attached hydrogens (tertiary/aromatic N) is 2. The third-order valence-electron chi connectivity index (χ3n) is 2.92. The Morgan fingerprint density at radius 3 is 2.95 bits per heavy atom. The predicted molar refractivity (Wildman–Crippen MR) is 75.9 cm³/mol. The quantitative estimate of drug-likeness (QED) is 0.671. The molecule has 0 aliphatic heterocycles. The SMILES string of the molecule is CCn1nccc1/C=C\C(=O)c1ccc(O)c(OC)c1. The smallest absolute Gasteiger partial charge is 0.186 e. The Hall–Kier alpha value is -2.56. The highest BCUT2D eigenvalue weighted by Gasteiger charge is 2.07. The van der Waals surface area contributed by atoms with Crippen molar-refractivity contribution < 1.29 is 14.6 Å². The Balaban J connectivity index is 2.20. The maximum atomic E-state index is 12.1. The number of ether oxygens (including phenoxy) is 1. The number of phenolic OH excluding ortho intramolecular Hbond substituents is 1. The van der Waals surface area contributed by atoms with Crippen LogP contribution in [0.1, 0.15) is 23.0 Å². The molecule has 1 heterocycles. The van der Waals surface area contributed by atoms with Crippen molar-refractivity contribution >= 4 is 11.9 Å². The van der Waals surface area contributed by atoms with Gasteiger partial charge < -0.3 is 9.84 Å². The normalized spacial score (nSPS) is 10.9. The van der Waals surface area contributed by atoms with E-state index in [0.29, 0.717) is 5.56 Å². The molecule has 0 spiro atoms. The first-order valence-electron chi connectivity index (χ1n) is 6.27. The van der Waals surface area contributed by atoms with Crippen LogP contribution in [0.15, 0.2) is 36.5 Å². The van der Waals surface area contributed by atoms with Crippen LogP contribution >= 0.6 is 0 Å². The number of phenols is 1. The van der Waals surface area contributed by atoms with Gasteiger partial charge >= 0.3 is 0 Å². The summed E-state index contributed by atoms with van der Waals surface area (Å²) in [6.45, 7) is 2.73. The van der Waals surface area contributed by atoms with Crippen LogP contribution in [0, 0.1) is 0 Å². The third-order valence-corrected chi connectivity index (χ3v) is 2.92. The lowest BCUT2D eigenvalue weighted by atomic mass is 10.1. The highest BCUT2D eigenvalue weighted by Crippen LogP contribution is 2.26. The number of ketones is 1. The number of hydrogen-bond acceptors (Lipinski definition) is 4. The van der Waals surface area contributed by atoms with Gasteiger partial charge in [0.25, 0.3) is 0 Å². The van der Waals surface area contributed by atoms with Gasteiger partial charge in [-0.25, -0.2) is 0 Å². The van der Waals surface area contributed by atoms with Crippen LogP contribution in [0.5, 0.6) is 11.5 Å². The standard InChI is InChI=1S/C15H16N2O3/c1-3-17-12(8-9-16-17)5-7-13(18)11-4-6-14(19)15(10-11)20-2/h4-10,19H,3H2,1-2H3/b7-5-. The summed E-state index contributed by atoms with van der Waals surface area (Å²) in [5.41, 5.74) is 1.32. The topological polar surface area (TPSA) is 64.4 Å². The van der Waals surface area contributed by atoms with Crippen LogP contribution in [0.25, 0.3) is 6.08 Å². The number of benzene rings is 1. The van der Waals surface area contributed by atoms with Crippen LogP contribution in [-0.2, 0) is 6.54 Å². The first kappa shape index (κ1) is 13.9. The van der Waals surface area contributed by atoms with Crippen molar-refractivity contribution in [1.29, 1.82) is 0 Å². The van der Waals surface area contributed by atoms with Gasteiger partial charge in [0, 0.05) is 18.3 Å². The monoisotopic (exact) mass is 272 g/mol. The van der Waals surface area contributed by atoms with Gasteiger partial charge in [-0.1, -0.05) is 0 Å². The van der Waals surface area contributed by atoms with E-state index in [2.05, 4.69) is 5.10 Å². The molecule has 0 aliphatic carbocycles. The van der Waals surface area contributed by atoms with Crippen molar-refractivity contribution in [1.82, 2.24) is 9.78 Å². The zero-order chi connectivity index (χ0) is 14.5. The van der Waals surface area contributed by atoms with Crippen molar-refractivity contribution in [3.8, 4) is 11.5 Å². The molecule has 5 heteroatoms. The minimum atomic E-state index is -0.160. The summed E-state index contributed by atoms with van der Waals surface area (Å²) in [7, 11) is 1.44. The number of carbonyl (C=O) groups excluding carboxylic acids is 1. The maximum absolute atomic E-state index is 12.1. The summed E-state index contributed by atoms with van der Waals surface area (Å²) in [5, 5.41) is 13.6. The molecule has 1 aromatic heterocycles. The first-order chi connectivity index (χ1) is 9.65. The van der Waals surface area contributed by atoms with E-state index in [-0.39, 0.29) is 17.3 Å². The highest BCUT2D eigenvalue weighted by molar-refractivity contribution is 6.07. The van der Waals surface area contributed by atoms with Gasteiger partial charge in [-0.05, 0) is 43.3 Å². The van der Waals surface area contributed by atoms with Gasteiger partial charge in [0.1, 0.15) is 0 Å². The lowest BCUT2D eigenvalue weighted by Gasteiger charge is -2.04. The number of aromatic nitrogens is 2. The minimum absolute atomic E-state index is 0.0112. The summed E-state index contributed by atoms with van der Waals surface area (Å²) in [6, 6.07) is 6.35. The molecule has 0 fully saturated rings. The largest absolute Gasteiger partial charge is 0.504 e. The summed E-state index contributed by atoms with van der Waals surface area (Å²) < 4.78 is 6.78. The van der Waals surface area contributed by atoms with Crippen LogP contribution in [0.3, 0.4) is 0 Å². The molecular formula is C15H16N2O3. The molecule has 0 bridgehead atoms. The number of hydrogen-bond donors (Lipinski definition) is 1. The Bertz CT molecular complexity index is 644. The average molecular weight is 272 g/mol. The molecule has 1 aromatic carbocycles. The molecular weight excluding hydrogens is 256 g/mol. The number of aryl methyl sites for hydroxylation is 1. The molecule has 0 atom stereocenters. The number of aromatic hydroxyl groups is 1. The second kappa shape index (κ2) is 6.06. The van der Waals surface area contributed by atoms with Crippen LogP contribution in [0.4, 0.5) is 0 Å². The van der Waals surface area contributed by atoms with Crippen molar-refractivity contribution in [2.45, 2.75) is 13.5 Å². The second-order valence-corrected chi connectivity index (χ2v) is 4.16. The molecule has 0 unspecified atom stereocenters. The number of carbonyl (C=O) groups is 1. The average Bonchev–Trinajstić information content (AvgIpc) is 2.92. The van der Waals surface area contributed by atoms with E-state index in [0.717, 1.165) is 12.2 Å². The fourth-order valence-corrected chi connectivity index (χ4v) is 1.84. The molecule has 0 saturated carbocycles. The Morgan fingerprint density at radius 2 is 2.25 bits per heavy atom. The third kappa shape index (κ3) is 2.88. The van der Waals surface area contributed by atoms with Crippen LogP contribution < -0.4 is 4.74 Å². The molecule has 0 amide bonds. The summed E-state index contributed by atoms with van der Waals surface area (Å²) >= 11 is 0. The van der Waals surface area contributed by atoms with Gasteiger partial charge in [-0.2, -0.15) is 5.10 Å². The zero-order valence-corrected chi connectivity index (χ0v) is 11.4. The van der Waals surface area contributed by atoms with E-state index in [1.54, 1.807) is 23.0 Å². The van der Waals surface area contributed by atoms with Crippen LogP contribution in [-0.4, -0.2) is 27.8 Å². The zero-order valence-electron chi connectivity index (χ0n) is 11.4. The number of rotatable bonds is 5. The van der Waals surface area contributed by atoms with Crippen molar-refractivity contribution in [3.63, 3.8) is 0 Å². The minimum Gasteiger partial charge on any atom is -0.504 e. The lowest BCUT2D eigenvalue weighted by molar-refractivity contribution is 0.104. The van der Waals surface area contributed by atoms with E-state index in [4.69, 9.17) is 4.74 Å². The van der Waals surface area contributed by atoms with Crippen molar-refractivity contribution in [2.24, 2.45) is 0 Å². The second-order valence-electron chi connectivity index (χ2n) is 4.16. The van der Waals surface area contributed by atoms with Crippen molar-refractivity contribution in [2.75, 3.05) is 7.11 Å². The first-order valence-corrected chi connectivity index (χ1v) is 6.27. The summed E-state index contributed by atoms with van der Waals surface area (Å²) in [6.07, 6.45) is 4.89. The predicted octanol–water partition coefficient (Wildman–Crippen LogP) is 2.51. The van der Waals surface area contributed by atoms with Crippen LogP contribution in [0.2, 0.25) is 0 Å². The van der Waals surface area contributed by atoms with Gasteiger partial charge in [-0.3, -0.25) is 9.48 Å². The molecule has 0 aliphatic rings. The summed E-state index contributed by atoms with van der Waals surface area (Å²) in [5.74, 6) is 0.132. The lowest BCUT2D eigenvalue weighted by Crippen LogP contribution is -1.99. The molecule has 5 nitrogen and oxygen atoms in total. The van der Waals surface area contributed by atoms with Gasteiger partial charge in [0.05, 0.1) is 12.8 Å². The molecule has 0 radical (unpaired) electrons. The van der Waals surface area contributed by atoms with E-state index >= 15 is 0 Å². The molecule has 0 saturated heterocycles. The van der Waals surface area contributed by atoms with Gasteiger partial charge in [0.15, 0.2) is 17.3 Å². The summed E-state index contributed by atoms with van der Waals surface area (Å²) in [4.78, 5) is 12.1. The number of allylic oxidation sites excluding steroid dienone is 1. The Morgan fingerprint density at radius 1 is 1.45 bits per heavy atom. The number of methoxy groups -OCH3 is 1. The molecule has 2 aromatic rings. The molecule has 2 rings (SSSR count). The van der Waals surface area contributed by atoms with Crippen molar-refractivity contribution in [3.05, 3.63) is 47.8 Å². The fraction of sp³-hybridized carbons (Fsp3) is 0.200. The highest BCUT2D eigenvalue weighted by atomic mass is 16.5. The molecule has 20 heavy (non-hydrogen) atoms. The van der Waals surface area contributed by atoms with E-state index in [1.165, 1.54) is 25.3 Å². The van der Waals surface area contributed by atoms with E-state index < -0.39 is 0 Å². The molecule has 1 N–H and O–H groups in total. The van der Waals surface area contributed by atoms with Gasteiger partial charge in [0.2, 0.25) is 0 Å². The Kier molecular flexibility index (Phi) is 4.20. The molecule has 104 valence electrons. The Labute approximate surface area is 117 Å². The fourth-order valence-electron chi connectivity index (χ4n) is 1.84. The maximum Gasteiger partial charge on any atom is 0.186 e. The van der Waals surface area contributed by atoms with Gasteiger partial charge in [-0.15, -0.1) is 0 Å². The van der Waals surface area contributed by atoms with E-state index in [9.17, 15) is 9.90 Å². The van der Waals surface area contributed by atoms with E-state index in [1.807, 2.05) is 13.0 Å².